The normalized spacial score (nSPS) is 12.3. The minimum Gasteiger partial charge on any atom is -0.478 e. The first kappa shape index (κ1) is 36.7. The van der Waals surface area contributed by atoms with E-state index in [1.54, 1.807) is 0 Å². The third-order valence-electron chi connectivity index (χ3n) is 7.65. The first-order valence-electron chi connectivity index (χ1n) is 16.7. The molecule has 0 aliphatic carbocycles. The van der Waals surface area contributed by atoms with Crippen LogP contribution < -0.4 is 0 Å². The number of aliphatic carboxylic acids is 1. The van der Waals surface area contributed by atoms with Crippen molar-refractivity contribution in [3.63, 3.8) is 0 Å². The van der Waals surface area contributed by atoms with Crippen molar-refractivity contribution < 1.29 is 19.4 Å². The van der Waals surface area contributed by atoms with E-state index in [-0.39, 0.29) is 6.10 Å². The highest BCUT2D eigenvalue weighted by atomic mass is 16.5. The smallest absolute Gasteiger partial charge is 0.331 e. The van der Waals surface area contributed by atoms with Gasteiger partial charge in [-0.3, -0.25) is 0 Å². The zero-order chi connectivity index (χ0) is 27.9. The number of carbonyl (C=O) groups is 2. The van der Waals surface area contributed by atoms with Crippen LogP contribution in [0.25, 0.3) is 0 Å². The van der Waals surface area contributed by atoms with Crippen molar-refractivity contribution in [2.24, 2.45) is 0 Å². The molecule has 224 valence electrons. The van der Waals surface area contributed by atoms with E-state index >= 15 is 0 Å². The lowest BCUT2D eigenvalue weighted by molar-refractivity contribution is -0.144. The lowest BCUT2D eigenvalue weighted by atomic mass is 10.0. The van der Waals surface area contributed by atoms with Crippen molar-refractivity contribution in [1.82, 2.24) is 0 Å². The fourth-order valence-corrected chi connectivity index (χ4v) is 5.21. The van der Waals surface area contributed by atoms with Crippen molar-refractivity contribution >= 4 is 11.9 Å². The third-order valence-corrected chi connectivity index (χ3v) is 7.65. The molecule has 4 nitrogen and oxygen atoms in total. The van der Waals surface area contributed by atoms with Crippen LogP contribution in [0.15, 0.2) is 12.2 Å². The summed E-state index contributed by atoms with van der Waals surface area (Å²) in [6, 6.07) is 0. The summed E-state index contributed by atoms with van der Waals surface area (Å²) in [5.74, 6) is -1.64. The highest BCUT2D eigenvalue weighted by Crippen LogP contribution is 2.18. The summed E-state index contributed by atoms with van der Waals surface area (Å²) in [6.07, 6.45) is 36.6. The molecule has 0 bridgehead atoms. The minimum absolute atomic E-state index is 0.0863. The zero-order valence-corrected chi connectivity index (χ0v) is 25.5. The second-order valence-corrected chi connectivity index (χ2v) is 11.4. The molecule has 1 atom stereocenters. The molecule has 1 N–H and O–H groups in total. The lowest BCUT2D eigenvalue weighted by Gasteiger charge is -2.17. The van der Waals surface area contributed by atoms with E-state index in [9.17, 15) is 9.59 Å². The van der Waals surface area contributed by atoms with Crippen molar-refractivity contribution in [3.8, 4) is 0 Å². The minimum atomic E-state index is -1.11. The zero-order valence-electron chi connectivity index (χ0n) is 25.5. The van der Waals surface area contributed by atoms with Crippen molar-refractivity contribution in [2.75, 3.05) is 0 Å². The van der Waals surface area contributed by atoms with E-state index in [4.69, 9.17) is 9.84 Å². The fourth-order valence-electron chi connectivity index (χ4n) is 5.21. The summed E-state index contributed by atoms with van der Waals surface area (Å²) in [5.41, 5.74) is 0. The molecule has 38 heavy (non-hydrogen) atoms. The largest absolute Gasteiger partial charge is 0.478 e. The Morgan fingerprint density at radius 3 is 1.08 bits per heavy atom. The Morgan fingerprint density at radius 2 is 0.789 bits per heavy atom. The Hall–Kier alpha value is -1.32. The number of hydrogen-bond acceptors (Lipinski definition) is 3. The molecule has 1 unspecified atom stereocenters. The molecule has 0 saturated heterocycles. The number of hydrogen-bond donors (Lipinski definition) is 1. The number of carboxylic acid groups (broad SMARTS) is 1. The van der Waals surface area contributed by atoms with Crippen LogP contribution >= 0.6 is 0 Å². The van der Waals surface area contributed by atoms with E-state index in [0.717, 1.165) is 37.8 Å². The standard InChI is InChI=1S/C34H64O4/c1-3-5-7-9-11-13-15-17-19-21-23-25-27-29-32(38-34(37)31-30-33(35)36)28-26-24-22-20-18-16-14-12-10-8-6-4-2/h30-32H,3-29H2,1-2H3,(H,35,36). The SMILES string of the molecule is CCCCCCCCCCCCCCCC(CCCCCCCCCCCCCC)OC(=O)C=CC(=O)O. The highest BCUT2D eigenvalue weighted by molar-refractivity contribution is 5.90. The van der Waals surface area contributed by atoms with E-state index in [0.29, 0.717) is 0 Å². The Balaban J connectivity index is 3.92. The average Bonchev–Trinajstić information content (AvgIpc) is 2.90. The second kappa shape index (κ2) is 30.2. The molecule has 0 aliphatic rings. The van der Waals surface area contributed by atoms with Gasteiger partial charge in [0.25, 0.3) is 0 Å². The topological polar surface area (TPSA) is 63.6 Å². The summed E-state index contributed by atoms with van der Waals surface area (Å²) in [6.45, 7) is 4.54. The van der Waals surface area contributed by atoms with E-state index in [1.807, 2.05) is 0 Å². The number of esters is 1. The van der Waals surface area contributed by atoms with Crippen LogP contribution in [0.5, 0.6) is 0 Å². The summed E-state index contributed by atoms with van der Waals surface area (Å²) in [7, 11) is 0. The van der Waals surface area contributed by atoms with Gasteiger partial charge in [0, 0.05) is 12.2 Å². The predicted octanol–water partition coefficient (Wildman–Crippen LogP) is 11.1. The van der Waals surface area contributed by atoms with Crippen LogP contribution in [0.2, 0.25) is 0 Å². The van der Waals surface area contributed by atoms with Crippen LogP contribution in [0.3, 0.4) is 0 Å². The molecule has 0 amide bonds. The van der Waals surface area contributed by atoms with Gasteiger partial charge >= 0.3 is 11.9 Å². The summed E-state index contributed by atoms with van der Waals surface area (Å²) in [5, 5.41) is 8.76. The molecule has 0 rings (SSSR count). The maximum Gasteiger partial charge on any atom is 0.331 e. The monoisotopic (exact) mass is 536 g/mol. The third kappa shape index (κ3) is 29.2. The van der Waals surface area contributed by atoms with Gasteiger partial charge in [-0.2, -0.15) is 0 Å². The van der Waals surface area contributed by atoms with Gasteiger partial charge in [0.1, 0.15) is 6.10 Å². The first-order chi connectivity index (χ1) is 18.6. The number of rotatable bonds is 30. The maximum atomic E-state index is 12.0. The van der Waals surface area contributed by atoms with Crippen molar-refractivity contribution in [2.45, 2.75) is 193 Å². The fraction of sp³-hybridized carbons (Fsp3) is 0.882. The van der Waals surface area contributed by atoms with Gasteiger partial charge in [-0.1, -0.05) is 162 Å². The van der Waals surface area contributed by atoms with Crippen molar-refractivity contribution in [3.05, 3.63) is 12.2 Å². The van der Waals surface area contributed by atoms with Gasteiger partial charge in [0.2, 0.25) is 0 Å². The highest BCUT2D eigenvalue weighted by Gasteiger charge is 2.13. The van der Waals surface area contributed by atoms with Gasteiger partial charge in [-0.15, -0.1) is 0 Å². The number of ether oxygens (including phenoxy) is 1. The quantitative estimate of drug-likeness (QED) is 0.0563. The molecular formula is C34H64O4. The molecule has 0 saturated carbocycles. The Morgan fingerprint density at radius 1 is 0.500 bits per heavy atom. The van der Waals surface area contributed by atoms with Crippen LogP contribution in [0.4, 0.5) is 0 Å². The van der Waals surface area contributed by atoms with E-state index < -0.39 is 11.9 Å². The Bertz CT molecular complexity index is 543. The van der Waals surface area contributed by atoms with Crippen LogP contribution in [0, 0.1) is 0 Å². The van der Waals surface area contributed by atoms with Gasteiger partial charge < -0.3 is 9.84 Å². The van der Waals surface area contributed by atoms with E-state index in [2.05, 4.69) is 13.8 Å². The molecular weight excluding hydrogens is 472 g/mol. The molecule has 0 spiro atoms. The Labute approximate surface area is 236 Å². The van der Waals surface area contributed by atoms with E-state index in [1.165, 1.54) is 148 Å². The van der Waals surface area contributed by atoms with Crippen molar-refractivity contribution in [1.29, 1.82) is 0 Å². The molecule has 0 aromatic heterocycles. The number of unbranched alkanes of at least 4 members (excludes halogenated alkanes) is 23. The molecule has 0 fully saturated rings. The summed E-state index contributed by atoms with van der Waals surface area (Å²) < 4.78 is 5.62. The molecule has 0 radical (unpaired) electrons. The predicted molar refractivity (Wildman–Crippen MR) is 163 cm³/mol. The number of carboxylic acids is 1. The van der Waals surface area contributed by atoms with Crippen LogP contribution in [-0.2, 0) is 14.3 Å². The first-order valence-corrected chi connectivity index (χ1v) is 16.7. The van der Waals surface area contributed by atoms with Crippen LogP contribution in [-0.4, -0.2) is 23.1 Å². The molecule has 0 aromatic rings. The van der Waals surface area contributed by atoms with Gasteiger partial charge in [0.15, 0.2) is 0 Å². The maximum absolute atomic E-state index is 12.0. The summed E-state index contributed by atoms with van der Waals surface area (Å²) >= 11 is 0. The molecule has 0 aromatic carbocycles. The number of carbonyl (C=O) groups excluding carboxylic acids is 1. The van der Waals surface area contributed by atoms with Gasteiger partial charge in [-0.25, -0.2) is 9.59 Å². The average molecular weight is 537 g/mol. The molecule has 0 heterocycles. The molecule has 0 aliphatic heterocycles. The summed E-state index contributed by atoms with van der Waals surface area (Å²) in [4.78, 5) is 22.7. The Kier molecular flexibility index (Phi) is 29.2. The molecule has 4 heteroatoms. The second-order valence-electron chi connectivity index (χ2n) is 11.4. The van der Waals surface area contributed by atoms with Gasteiger partial charge in [-0.05, 0) is 25.7 Å². The van der Waals surface area contributed by atoms with Gasteiger partial charge in [0.05, 0.1) is 0 Å². The lowest BCUT2D eigenvalue weighted by Crippen LogP contribution is -2.17. The van der Waals surface area contributed by atoms with Crippen LogP contribution in [0.1, 0.15) is 187 Å².